The van der Waals surface area contributed by atoms with E-state index in [2.05, 4.69) is 5.32 Å². The number of carbonyl (C=O) groups excluding carboxylic acids is 2. The van der Waals surface area contributed by atoms with Crippen LogP contribution in [-0.4, -0.2) is 36.0 Å². The number of ether oxygens (including phenoxy) is 2. The lowest BCUT2D eigenvalue weighted by molar-refractivity contribution is -0.120. The second-order valence-corrected chi connectivity index (χ2v) is 6.74. The minimum Gasteiger partial charge on any atom is -0.486 e. The molecule has 0 bridgehead atoms. The second kappa shape index (κ2) is 7.31. The molecule has 2 aliphatic heterocycles. The molecule has 2 aromatic rings. The average molecular weight is 366 g/mol. The third kappa shape index (κ3) is 3.35. The van der Waals surface area contributed by atoms with Gasteiger partial charge in [-0.05, 0) is 30.2 Å². The van der Waals surface area contributed by atoms with Crippen molar-refractivity contribution in [2.24, 2.45) is 0 Å². The van der Waals surface area contributed by atoms with Crippen LogP contribution in [0.4, 0.5) is 5.69 Å². The van der Waals surface area contributed by atoms with E-state index in [-0.39, 0.29) is 11.8 Å². The van der Waals surface area contributed by atoms with E-state index in [9.17, 15) is 9.59 Å². The van der Waals surface area contributed by atoms with Gasteiger partial charge in [0, 0.05) is 23.9 Å². The first-order chi connectivity index (χ1) is 13.2. The number of amides is 2. The first-order valence-electron chi connectivity index (χ1n) is 9.26. The summed E-state index contributed by atoms with van der Waals surface area (Å²) in [6.07, 6.45) is 1.41. The minimum absolute atomic E-state index is 0.0821. The number of nitrogens with one attached hydrogen (secondary N) is 1. The quantitative estimate of drug-likeness (QED) is 0.882. The first kappa shape index (κ1) is 17.4. The molecule has 0 aromatic heterocycles. The highest BCUT2D eigenvalue weighted by molar-refractivity contribution is 6.03. The molecule has 140 valence electrons. The van der Waals surface area contributed by atoms with E-state index < -0.39 is 6.04 Å². The summed E-state index contributed by atoms with van der Waals surface area (Å²) in [5.41, 5.74) is 2.29. The molecule has 1 atom stereocenters. The van der Waals surface area contributed by atoms with Crippen molar-refractivity contribution in [2.75, 3.05) is 18.5 Å². The van der Waals surface area contributed by atoms with Crippen LogP contribution in [0, 0.1) is 0 Å². The molecule has 6 nitrogen and oxygen atoms in total. The van der Waals surface area contributed by atoms with Crippen LogP contribution in [0.2, 0.25) is 0 Å². The van der Waals surface area contributed by atoms with Gasteiger partial charge in [0.2, 0.25) is 5.91 Å². The predicted octanol–water partition coefficient (Wildman–Crippen LogP) is 3.22. The topological polar surface area (TPSA) is 67.9 Å². The van der Waals surface area contributed by atoms with Crippen molar-refractivity contribution < 1.29 is 19.1 Å². The van der Waals surface area contributed by atoms with Crippen molar-refractivity contribution in [3.05, 3.63) is 53.6 Å². The Labute approximate surface area is 158 Å². The lowest BCUT2D eigenvalue weighted by atomic mass is 10.1. The average Bonchev–Trinajstić information content (AvgIpc) is 3.02. The smallest absolute Gasteiger partial charge is 0.255 e. The van der Waals surface area contributed by atoms with Crippen molar-refractivity contribution >= 4 is 17.5 Å². The Morgan fingerprint density at radius 3 is 2.70 bits per heavy atom. The van der Waals surface area contributed by atoms with Crippen molar-refractivity contribution in [3.8, 4) is 11.5 Å². The minimum atomic E-state index is -0.511. The zero-order chi connectivity index (χ0) is 18.8. The van der Waals surface area contributed by atoms with Crippen LogP contribution in [-0.2, 0) is 11.3 Å². The van der Waals surface area contributed by atoms with Crippen molar-refractivity contribution in [3.63, 3.8) is 0 Å². The molecule has 0 aliphatic carbocycles. The van der Waals surface area contributed by atoms with Crippen LogP contribution in [0.1, 0.15) is 35.7 Å². The highest BCUT2D eigenvalue weighted by Crippen LogP contribution is 2.33. The van der Waals surface area contributed by atoms with Crippen LogP contribution < -0.4 is 14.8 Å². The van der Waals surface area contributed by atoms with Gasteiger partial charge >= 0.3 is 0 Å². The highest BCUT2D eigenvalue weighted by atomic mass is 16.6. The molecular formula is C21H22N2O4. The number of carbonyl (C=O) groups is 2. The number of rotatable bonds is 5. The van der Waals surface area contributed by atoms with E-state index in [4.69, 9.17) is 9.47 Å². The molecule has 0 fully saturated rings. The zero-order valence-corrected chi connectivity index (χ0v) is 15.2. The van der Waals surface area contributed by atoms with Gasteiger partial charge in [-0.1, -0.05) is 31.5 Å². The van der Waals surface area contributed by atoms with E-state index in [0.717, 1.165) is 12.0 Å². The summed E-state index contributed by atoms with van der Waals surface area (Å²) in [7, 11) is 0. The first-order valence-corrected chi connectivity index (χ1v) is 9.26. The summed E-state index contributed by atoms with van der Waals surface area (Å²) in [6.45, 7) is 3.49. The molecule has 0 saturated carbocycles. The van der Waals surface area contributed by atoms with Gasteiger partial charge < -0.3 is 19.7 Å². The van der Waals surface area contributed by atoms with Crippen molar-refractivity contribution in [2.45, 2.75) is 32.4 Å². The third-order valence-electron chi connectivity index (χ3n) is 4.90. The van der Waals surface area contributed by atoms with Crippen LogP contribution in [0.3, 0.4) is 0 Å². The fraction of sp³-hybridized carbons (Fsp3) is 0.333. The largest absolute Gasteiger partial charge is 0.486 e. The number of fused-ring (bicyclic) bond motifs is 2. The van der Waals surface area contributed by atoms with E-state index in [1.54, 1.807) is 23.1 Å². The predicted molar refractivity (Wildman–Crippen MR) is 101 cm³/mol. The second-order valence-electron chi connectivity index (χ2n) is 6.74. The van der Waals surface area contributed by atoms with E-state index in [0.29, 0.717) is 48.9 Å². The maximum atomic E-state index is 13.0. The Hall–Kier alpha value is -3.02. The van der Waals surface area contributed by atoms with Gasteiger partial charge in [-0.15, -0.1) is 0 Å². The summed E-state index contributed by atoms with van der Waals surface area (Å²) in [5.74, 6) is 1.03. The zero-order valence-electron chi connectivity index (χ0n) is 15.2. The molecule has 1 N–H and O–H groups in total. The van der Waals surface area contributed by atoms with E-state index >= 15 is 0 Å². The maximum Gasteiger partial charge on any atom is 0.255 e. The maximum absolute atomic E-state index is 13.0. The number of hydrogen-bond donors (Lipinski definition) is 1. The Morgan fingerprint density at radius 1 is 1.15 bits per heavy atom. The van der Waals surface area contributed by atoms with Gasteiger partial charge in [0.1, 0.15) is 19.3 Å². The Balaban J connectivity index is 1.53. The fourth-order valence-corrected chi connectivity index (χ4v) is 3.58. The molecule has 0 saturated heterocycles. The summed E-state index contributed by atoms with van der Waals surface area (Å²) in [4.78, 5) is 27.4. The molecular weight excluding hydrogens is 344 g/mol. The SMILES string of the molecule is CCCC(C(=O)Nc1ccc2c(c1)OCCO2)N1Cc2ccccc2C1=O. The summed E-state index contributed by atoms with van der Waals surface area (Å²) >= 11 is 0. The number of anilines is 1. The molecule has 2 aliphatic rings. The van der Waals surface area contributed by atoms with Gasteiger partial charge in [0.05, 0.1) is 0 Å². The Kier molecular flexibility index (Phi) is 4.71. The van der Waals surface area contributed by atoms with Gasteiger partial charge in [0.15, 0.2) is 11.5 Å². The van der Waals surface area contributed by atoms with Crippen LogP contribution in [0.5, 0.6) is 11.5 Å². The fourth-order valence-electron chi connectivity index (χ4n) is 3.58. The van der Waals surface area contributed by atoms with Crippen LogP contribution in [0.25, 0.3) is 0 Å². The lowest BCUT2D eigenvalue weighted by Crippen LogP contribution is -2.44. The Morgan fingerprint density at radius 2 is 1.93 bits per heavy atom. The monoisotopic (exact) mass is 366 g/mol. The number of nitrogens with zero attached hydrogens (tertiary/aromatic N) is 1. The molecule has 27 heavy (non-hydrogen) atoms. The normalized spacial score (nSPS) is 16.0. The van der Waals surface area contributed by atoms with Crippen molar-refractivity contribution in [1.82, 2.24) is 4.90 Å². The molecule has 2 heterocycles. The summed E-state index contributed by atoms with van der Waals surface area (Å²) in [5, 5.41) is 2.93. The van der Waals surface area contributed by atoms with Crippen LogP contribution >= 0.6 is 0 Å². The van der Waals surface area contributed by atoms with Gasteiger partial charge in [-0.25, -0.2) is 0 Å². The lowest BCUT2D eigenvalue weighted by Gasteiger charge is -2.27. The van der Waals surface area contributed by atoms with Crippen LogP contribution in [0.15, 0.2) is 42.5 Å². The summed E-state index contributed by atoms with van der Waals surface area (Å²) < 4.78 is 11.1. The van der Waals surface area contributed by atoms with Gasteiger partial charge in [-0.3, -0.25) is 9.59 Å². The standard InChI is InChI=1S/C21H22N2O4/c1-2-5-17(23-13-14-6-3-4-7-16(14)21(23)25)20(24)22-15-8-9-18-19(12-15)27-11-10-26-18/h3-4,6-9,12,17H,2,5,10-11,13H2,1H3,(H,22,24). The third-order valence-corrected chi connectivity index (χ3v) is 4.90. The number of hydrogen-bond acceptors (Lipinski definition) is 4. The molecule has 4 rings (SSSR count). The molecule has 2 amide bonds. The van der Waals surface area contributed by atoms with Gasteiger partial charge in [0.25, 0.3) is 5.91 Å². The number of benzene rings is 2. The Bertz CT molecular complexity index is 880. The summed E-state index contributed by atoms with van der Waals surface area (Å²) in [6, 6.07) is 12.3. The van der Waals surface area contributed by atoms with E-state index in [1.807, 2.05) is 31.2 Å². The molecule has 0 radical (unpaired) electrons. The molecule has 6 heteroatoms. The highest BCUT2D eigenvalue weighted by Gasteiger charge is 2.35. The molecule has 2 aromatic carbocycles. The molecule has 1 unspecified atom stereocenters. The van der Waals surface area contributed by atoms with E-state index in [1.165, 1.54) is 0 Å². The van der Waals surface area contributed by atoms with Gasteiger partial charge in [-0.2, -0.15) is 0 Å². The molecule has 0 spiro atoms. The van der Waals surface area contributed by atoms with Crippen molar-refractivity contribution in [1.29, 1.82) is 0 Å².